The van der Waals surface area contributed by atoms with Gasteiger partial charge in [0.25, 0.3) is 0 Å². The van der Waals surface area contributed by atoms with Gasteiger partial charge in [-0.15, -0.1) is 0 Å². The van der Waals surface area contributed by atoms with Crippen molar-refractivity contribution in [3.8, 4) is 0 Å². The van der Waals surface area contributed by atoms with Crippen LogP contribution in [0, 0.1) is 0 Å². The summed E-state index contributed by atoms with van der Waals surface area (Å²) in [5.41, 5.74) is 0. The van der Waals surface area contributed by atoms with Crippen molar-refractivity contribution in [2.45, 2.75) is 11.9 Å². The highest BCUT2D eigenvalue weighted by Gasteiger charge is 2.04. The van der Waals surface area contributed by atoms with E-state index in [0.717, 1.165) is 0 Å². The minimum Gasteiger partial charge on any atom is -0.430 e. The molecule has 0 N–H and O–H groups in total. The number of ether oxygens (including phenoxy) is 2. The third-order valence-corrected chi connectivity index (χ3v) is 0.765. The highest BCUT2D eigenvalue weighted by atomic mass is 79.9. The molecule has 10 heavy (non-hydrogen) atoms. The van der Waals surface area contributed by atoms with Crippen LogP contribution in [0.25, 0.3) is 0 Å². The summed E-state index contributed by atoms with van der Waals surface area (Å²) in [5, 5.41) is -0.315. The van der Waals surface area contributed by atoms with Gasteiger partial charge in [0.1, 0.15) is 6.61 Å². The van der Waals surface area contributed by atoms with E-state index >= 15 is 0 Å². The van der Waals surface area contributed by atoms with Gasteiger partial charge in [0, 0.05) is 0 Å². The SMILES string of the molecule is C=CCOC(=O)OC(C)Br. The van der Waals surface area contributed by atoms with E-state index in [9.17, 15) is 4.79 Å². The van der Waals surface area contributed by atoms with Crippen molar-refractivity contribution in [2.75, 3.05) is 6.61 Å². The molecule has 1 atom stereocenters. The molecule has 0 aromatic rings. The lowest BCUT2D eigenvalue weighted by atomic mass is 10.7. The molecule has 4 heteroatoms. The summed E-state index contributed by atoms with van der Waals surface area (Å²) in [6.07, 6.45) is 0.782. The van der Waals surface area contributed by atoms with Gasteiger partial charge >= 0.3 is 6.16 Å². The minimum atomic E-state index is -0.690. The molecule has 0 aliphatic rings. The van der Waals surface area contributed by atoms with Gasteiger partial charge in [-0.1, -0.05) is 12.7 Å². The molecule has 0 saturated carbocycles. The molecule has 3 nitrogen and oxygen atoms in total. The number of alkyl halides is 1. The van der Waals surface area contributed by atoms with Crippen LogP contribution >= 0.6 is 15.9 Å². The molecule has 0 amide bonds. The molecular weight excluding hydrogens is 200 g/mol. The molecule has 0 fully saturated rings. The molecule has 0 rings (SSSR count). The second kappa shape index (κ2) is 5.29. The summed E-state index contributed by atoms with van der Waals surface area (Å²) in [6.45, 7) is 5.22. The van der Waals surface area contributed by atoms with Gasteiger partial charge in [0.2, 0.25) is 0 Å². The first-order chi connectivity index (χ1) is 4.66. The molecular formula is C6H9BrO3. The molecule has 0 heterocycles. The molecule has 58 valence electrons. The van der Waals surface area contributed by atoms with Crippen LogP contribution in [-0.4, -0.2) is 17.8 Å². The molecule has 0 aromatic heterocycles. The Bertz CT molecular complexity index is 122. The number of hydrogen-bond acceptors (Lipinski definition) is 3. The monoisotopic (exact) mass is 208 g/mol. The van der Waals surface area contributed by atoms with Crippen LogP contribution in [0.1, 0.15) is 6.92 Å². The molecule has 0 radical (unpaired) electrons. The summed E-state index contributed by atoms with van der Waals surface area (Å²) in [5.74, 6) is 0. The molecule has 0 aliphatic heterocycles. The molecule has 0 saturated heterocycles. The Kier molecular flexibility index (Phi) is 5.02. The van der Waals surface area contributed by atoms with E-state index in [0.29, 0.717) is 0 Å². The van der Waals surface area contributed by atoms with Gasteiger partial charge in [-0.05, 0) is 22.9 Å². The van der Waals surface area contributed by atoms with Crippen molar-refractivity contribution in [1.82, 2.24) is 0 Å². The first-order valence-corrected chi connectivity index (χ1v) is 3.66. The van der Waals surface area contributed by atoms with Crippen LogP contribution in [0.3, 0.4) is 0 Å². The van der Waals surface area contributed by atoms with E-state index in [1.54, 1.807) is 6.92 Å². The maximum absolute atomic E-state index is 10.5. The topological polar surface area (TPSA) is 35.5 Å². The van der Waals surface area contributed by atoms with Gasteiger partial charge in [0.05, 0.1) is 0 Å². The third-order valence-electron chi connectivity index (χ3n) is 0.578. The number of hydrogen-bond donors (Lipinski definition) is 0. The average molecular weight is 209 g/mol. The first kappa shape index (κ1) is 9.49. The third kappa shape index (κ3) is 5.62. The van der Waals surface area contributed by atoms with Crippen LogP contribution in [0.5, 0.6) is 0 Å². The van der Waals surface area contributed by atoms with E-state index in [4.69, 9.17) is 0 Å². The predicted molar refractivity (Wildman–Crippen MR) is 41.0 cm³/mol. The predicted octanol–water partition coefficient (Wildman–Crippen LogP) is 2.07. The van der Waals surface area contributed by atoms with Crippen LogP contribution in [0.15, 0.2) is 12.7 Å². The quantitative estimate of drug-likeness (QED) is 0.405. The van der Waals surface area contributed by atoms with Gasteiger partial charge in [-0.2, -0.15) is 0 Å². The van der Waals surface area contributed by atoms with Crippen LogP contribution in [-0.2, 0) is 9.47 Å². The number of carbonyl (C=O) groups is 1. The maximum Gasteiger partial charge on any atom is 0.509 e. The van der Waals surface area contributed by atoms with Gasteiger partial charge in [0.15, 0.2) is 5.01 Å². The molecule has 0 spiro atoms. The largest absolute Gasteiger partial charge is 0.509 e. The van der Waals surface area contributed by atoms with Crippen LogP contribution < -0.4 is 0 Å². The molecule has 0 aliphatic carbocycles. The van der Waals surface area contributed by atoms with E-state index < -0.39 is 6.16 Å². The fraction of sp³-hybridized carbons (Fsp3) is 0.500. The second-order valence-corrected chi connectivity index (χ2v) is 2.80. The number of rotatable bonds is 3. The minimum absolute atomic E-state index is 0.179. The zero-order chi connectivity index (χ0) is 7.98. The molecule has 1 unspecified atom stereocenters. The Morgan fingerprint density at radius 3 is 2.90 bits per heavy atom. The Hall–Kier alpha value is -0.510. The Morgan fingerprint density at radius 1 is 1.90 bits per heavy atom. The summed E-state index contributed by atoms with van der Waals surface area (Å²) in [6, 6.07) is 0. The zero-order valence-corrected chi connectivity index (χ0v) is 7.26. The Balaban J connectivity index is 3.34. The van der Waals surface area contributed by atoms with Crippen LogP contribution in [0.2, 0.25) is 0 Å². The van der Waals surface area contributed by atoms with E-state index in [2.05, 4.69) is 32.0 Å². The van der Waals surface area contributed by atoms with Gasteiger partial charge < -0.3 is 9.47 Å². The normalized spacial score (nSPS) is 11.8. The second-order valence-electron chi connectivity index (χ2n) is 1.51. The summed E-state index contributed by atoms with van der Waals surface area (Å²) in [7, 11) is 0. The summed E-state index contributed by atoms with van der Waals surface area (Å²) in [4.78, 5) is 10.5. The summed E-state index contributed by atoms with van der Waals surface area (Å²) >= 11 is 3.02. The maximum atomic E-state index is 10.5. The van der Waals surface area contributed by atoms with Gasteiger partial charge in [-0.25, -0.2) is 4.79 Å². The zero-order valence-electron chi connectivity index (χ0n) is 5.67. The highest BCUT2D eigenvalue weighted by molar-refractivity contribution is 9.09. The standard InChI is InChI=1S/C6H9BrO3/c1-3-4-9-6(8)10-5(2)7/h3,5H,1,4H2,2H3. The number of carbonyl (C=O) groups excluding carboxylic acids is 1. The van der Waals surface area contributed by atoms with Crippen LogP contribution in [0.4, 0.5) is 4.79 Å². The highest BCUT2D eigenvalue weighted by Crippen LogP contribution is 2.00. The first-order valence-electron chi connectivity index (χ1n) is 2.75. The van der Waals surface area contributed by atoms with Crippen molar-refractivity contribution >= 4 is 22.1 Å². The lowest BCUT2D eigenvalue weighted by molar-refractivity contribution is 0.0608. The fourth-order valence-corrected chi connectivity index (χ4v) is 0.446. The van der Waals surface area contributed by atoms with Crippen molar-refractivity contribution < 1.29 is 14.3 Å². The van der Waals surface area contributed by atoms with E-state index in [1.807, 2.05) is 0 Å². The Labute approximate surface area is 68.1 Å². The average Bonchev–Trinajstić information content (AvgIpc) is 1.82. The lowest BCUT2D eigenvalue weighted by Gasteiger charge is -2.04. The van der Waals surface area contributed by atoms with Gasteiger partial charge in [-0.3, -0.25) is 0 Å². The van der Waals surface area contributed by atoms with Crippen molar-refractivity contribution in [3.63, 3.8) is 0 Å². The van der Waals surface area contributed by atoms with E-state index in [1.165, 1.54) is 6.08 Å². The van der Waals surface area contributed by atoms with Crippen molar-refractivity contribution in [3.05, 3.63) is 12.7 Å². The fourth-order valence-electron chi connectivity index (χ4n) is 0.294. The summed E-state index contributed by atoms with van der Waals surface area (Å²) < 4.78 is 9.05. The Morgan fingerprint density at radius 2 is 2.50 bits per heavy atom. The lowest BCUT2D eigenvalue weighted by Crippen LogP contribution is -2.10. The van der Waals surface area contributed by atoms with E-state index in [-0.39, 0.29) is 11.6 Å². The van der Waals surface area contributed by atoms with Crippen molar-refractivity contribution in [1.29, 1.82) is 0 Å². The molecule has 0 bridgehead atoms. The number of halogens is 1. The molecule has 0 aromatic carbocycles. The smallest absolute Gasteiger partial charge is 0.430 e. The van der Waals surface area contributed by atoms with Crippen molar-refractivity contribution in [2.24, 2.45) is 0 Å².